The molecule has 1 aromatic carbocycles. The molecule has 132 valence electrons. The number of nitrogens with zero attached hydrogens (tertiary/aromatic N) is 1. The average Bonchev–Trinajstić information content (AvgIpc) is 3.29. The summed E-state index contributed by atoms with van der Waals surface area (Å²) in [4.78, 5) is 1.23. The highest BCUT2D eigenvalue weighted by Crippen LogP contribution is 2.42. The van der Waals surface area contributed by atoms with Crippen LogP contribution in [0.3, 0.4) is 0 Å². The van der Waals surface area contributed by atoms with Gasteiger partial charge in [-0.2, -0.15) is 0 Å². The van der Waals surface area contributed by atoms with Gasteiger partial charge in [-0.05, 0) is 40.3 Å². The Balaban J connectivity index is 1.52. The minimum atomic E-state index is -0.196. The van der Waals surface area contributed by atoms with Gasteiger partial charge in [0.25, 0.3) is 0 Å². The van der Waals surface area contributed by atoms with Crippen LogP contribution < -0.4 is 0 Å². The number of benzene rings is 1. The fourth-order valence-corrected chi connectivity index (χ4v) is 5.71. The molecule has 0 atom stereocenters. The molecule has 1 N–H and O–H groups in total. The number of fused-ring (bicyclic) bond motifs is 1. The quantitative estimate of drug-likeness (QED) is 0.632. The highest BCUT2D eigenvalue weighted by molar-refractivity contribution is 8.01. The van der Waals surface area contributed by atoms with E-state index in [4.69, 9.17) is 14.7 Å². The van der Waals surface area contributed by atoms with Gasteiger partial charge in [-0.1, -0.05) is 23.0 Å². The molecule has 1 saturated heterocycles. The molecule has 2 aliphatic rings. The molecule has 2 aromatic rings. The highest BCUT2D eigenvalue weighted by atomic mass is 32.2. The number of oxime groups is 1. The fourth-order valence-electron chi connectivity index (χ4n) is 3.61. The summed E-state index contributed by atoms with van der Waals surface area (Å²) in [7, 11) is 1.80. The first kappa shape index (κ1) is 17.1. The molecule has 0 saturated carbocycles. The smallest absolute Gasteiger partial charge is 0.0979 e. The van der Waals surface area contributed by atoms with Crippen molar-refractivity contribution in [1.82, 2.24) is 0 Å². The van der Waals surface area contributed by atoms with Gasteiger partial charge in [0.15, 0.2) is 0 Å². The Morgan fingerprint density at radius 1 is 1.20 bits per heavy atom. The van der Waals surface area contributed by atoms with Gasteiger partial charge in [0.2, 0.25) is 0 Å². The Hall–Kier alpha value is -1.34. The summed E-state index contributed by atoms with van der Waals surface area (Å²) < 4.78 is 12.7. The summed E-state index contributed by atoms with van der Waals surface area (Å²) in [6.45, 7) is 1.51. The van der Waals surface area contributed by atoms with Crippen LogP contribution in [0.25, 0.3) is 0 Å². The van der Waals surface area contributed by atoms with Crippen molar-refractivity contribution >= 4 is 28.8 Å². The summed E-state index contributed by atoms with van der Waals surface area (Å²) in [5, 5.41) is 14.6. The Kier molecular flexibility index (Phi) is 4.86. The maximum absolute atomic E-state index is 8.98. The Morgan fingerprint density at radius 2 is 2.00 bits per heavy atom. The molecule has 4 rings (SSSR count). The van der Waals surface area contributed by atoms with Crippen LogP contribution in [-0.2, 0) is 27.9 Å². The van der Waals surface area contributed by atoms with E-state index in [1.807, 2.05) is 0 Å². The largest absolute Gasteiger partial charge is 0.411 e. The molecule has 0 unspecified atom stereocenters. The zero-order valence-electron chi connectivity index (χ0n) is 14.2. The molecule has 1 aromatic heterocycles. The molecule has 1 aliphatic heterocycles. The molecule has 25 heavy (non-hydrogen) atoms. The van der Waals surface area contributed by atoms with Crippen LogP contribution in [-0.4, -0.2) is 31.2 Å². The van der Waals surface area contributed by atoms with Crippen LogP contribution >= 0.6 is 23.1 Å². The van der Waals surface area contributed by atoms with Gasteiger partial charge in [0.05, 0.1) is 15.5 Å². The lowest BCUT2D eigenvalue weighted by molar-refractivity contribution is -0.0946. The first-order chi connectivity index (χ1) is 12.2. The van der Waals surface area contributed by atoms with Gasteiger partial charge < -0.3 is 14.7 Å². The van der Waals surface area contributed by atoms with Crippen LogP contribution in [0.2, 0.25) is 0 Å². The van der Waals surface area contributed by atoms with E-state index in [0.29, 0.717) is 0 Å². The Bertz CT molecular complexity index is 794. The van der Waals surface area contributed by atoms with Gasteiger partial charge in [-0.25, -0.2) is 0 Å². The van der Waals surface area contributed by atoms with E-state index in [2.05, 4.69) is 34.8 Å². The first-order valence-electron chi connectivity index (χ1n) is 8.44. The predicted octanol–water partition coefficient (Wildman–Crippen LogP) is 4.48. The number of methoxy groups -OCH3 is 1. The first-order valence-corrected chi connectivity index (χ1v) is 10.1. The van der Waals surface area contributed by atoms with E-state index in [9.17, 15) is 0 Å². The van der Waals surface area contributed by atoms with Crippen molar-refractivity contribution in [3.63, 3.8) is 0 Å². The molecule has 2 heterocycles. The molecular formula is C19H21NO3S2. The van der Waals surface area contributed by atoms with Gasteiger partial charge >= 0.3 is 0 Å². The van der Waals surface area contributed by atoms with Crippen molar-refractivity contribution in [2.45, 2.75) is 40.4 Å². The summed E-state index contributed by atoms with van der Waals surface area (Å²) in [6, 6.07) is 8.79. The minimum absolute atomic E-state index is 0.196. The van der Waals surface area contributed by atoms with E-state index in [1.54, 1.807) is 30.2 Å². The second-order valence-corrected chi connectivity index (χ2v) is 8.80. The molecular weight excluding hydrogens is 354 g/mol. The van der Waals surface area contributed by atoms with Crippen molar-refractivity contribution in [2.24, 2.45) is 5.16 Å². The molecule has 1 fully saturated rings. The summed E-state index contributed by atoms with van der Waals surface area (Å²) in [6.07, 6.45) is 3.33. The van der Waals surface area contributed by atoms with E-state index >= 15 is 0 Å². The Morgan fingerprint density at radius 3 is 2.76 bits per heavy atom. The fraction of sp³-hybridized carbons (Fsp3) is 0.421. The lowest BCUT2D eigenvalue weighted by atomic mass is 9.88. The summed E-state index contributed by atoms with van der Waals surface area (Å²) in [5.74, 6) is 0. The van der Waals surface area contributed by atoms with Crippen LogP contribution in [0.15, 0.2) is 43.9 Å². The summed E-state index contributed by atoms with van der Waals surface area (Å²) >= 11 is 3.55. The van der Waals surface area contributed by atoms with Crippen molar-refractivity contribution in [1.29, 1.82) is 0 Å². The predicted molar refractivity (Wildman–Crippen MR) is 100 cm³/mol. The molecule has 0 amide bonds. The lowest BCUT2D eigenvalue weighted by Crippen LogP contribution is -2.35. The van der Waals surface area contributed by atoms with Crippen LogP contribution in [0.4, 0.5) is 0 Å². The lowest BCUT2D eigenvalue weighted by Gasteiger charge is -2.35. The maximum atomic E-state index is 8.98. The molecule has 0 bridgehead atoms. The normalized spacial score (nSPS) is 20.8. The van der Waals surface area contributed by atoms with Crippen LogP contribution in [0.5, 0.6) is 0 Å². The van der Waals surface area contributed by atoms with Crippen molar-refractivity contribution in [3.05, 3.63) is 46.3 Å². The molecule has 0 spiro atoms. The second-order valence-electron chi connectivity index (χ2n) is 6.52. The molecule has 1 aliphatic carbocycles. The van der Waals surface area contributed by atoms with Crippen molar-refractivity contribution in [2.75, 3.05) is 20.3 Å². The third-order valence-corrected chi connectivity index (χ3v) is 7.19. The number of hydrogen-bond acceptors (Lipinski definition) is 6. The number of thiophene rings is 1. The van der Waals surface area contributed by atoms with E-state index < -0.39 is 0 Å². The SMILES string of the molecule is COC1(c2csc(Sc3ccc4c(c3)C/C(=N/O)C4)c2)CCOCC1. The standard InChI is InChI=1S/C19H21NO3S2/c1-22-19(4-6-23-7-5-19)15-11-18(24-12-15)25-17-3-2-13-8-16(20-21)9-14(13)10-17/h2-3,10-12,21H,4-9H2,1H3/b20-16+. The second kappa shape index (κ2) is 7.11. The third-order valence-electron chi connectivity index (χ3n) is 5.12. The zero-order chi connectivity index (χ0) is 17.3. The van der Waals surface area contributed by atoms with E-state index in [-0.39, 0.29) is 5.60 Å². The molecule has 6 heteroatoms. The Labute approximate surface area is 155 Å². The highest BCUT2D eigenvalue weighted by Gasteiger charge is 2.35. The van der Waals surface area contributed by atoms with Crippen LogP contribution in [0.1, 0.15) is 29.5 Å². The van der Waals surface area contributed by atoms with E-state index in [0.717, 1.165) is 44.6 Å². The third kappa shape index (κ3) is 3.36. The average molecular weight is 376 g/mol. The summed E-state index contributed by atoms with van der Waals surface area (Å²) in [5.41, 5.74) is 4.45. The number of hydrogen-bond donors (Lipinski definition) is 1. The van der Waals surface area contributed by atoms with Crippen molar-refractivity contribution < 1.29 is 14.7 Å². The molecule has 0 radical (unpaired) electrons. The van der Waals surface area contributed by atoms with Gasteiger partial charge in [-0.3, -0.25) is 0 Å². The van der Waals surface area contributed by atoms with E-state index in [1.165, 1.54) is 25.8 Å². The monoisotopic (exact) mass is 375 g/mol. The van der Waals surface area contributed by atoms with Crippen molar-refractivity contribution in [3.8, 4) is 0 Å². The van der Waals surface area contributed by atoms with Gasteiger partial charge in [0.1, 0.15) is 0 Å². The van der Waals surface area contributed by atoms with Gasteiger partial charge in [0, 0.05) is 50.9 Å². The number of ether oxygens (including phenoxy) is 2. The maximum Gasteiger partial charge on any atom is 0.0979 e. The molecule has 4 nitrogen and oxygen atoms in total. The van der Waals surface area contributed by atoms with Gasteiger partial charge in [-0.15, -0.1) is 11.3 Å². The number of rotatable bonds is 4. The zero-order valence-corrected chi connectivity index (χ0v) is 15.8. The van der Waals surface area contributed by atoms with Crippen LogP contribution in [0, 0.1) is 0 Å². The minimum Gasteiger partial charge on any atom is -0.411 e. The topological polar surface area (TPSA) is 51.0 Å².